The summed E-state index contributed by atoms with van der Waals surface area (Å²) in [6.45, 7) is 2.71. The summed E-state index contributed by atoms with van der Waals surface area (Å²) in [4.78, 5) is 29.6. The van der Waals surface area contributed by atoms with Gasteiger partial charge in [-0.05, 0) is 37.1 Å². The third-order valence-corrected chi connectivity index (χ3v) is 5.81. The van der Waals surface area contributed by atoms with Gasteiger partial charge in [-0.3, -0.25) is 9.59 Å². The first kappa shape index (κ1) is 23.7. The standard InChI is InChI=1S/C25H33FN4O2/c26-21-11-6-7-12-23(21)29-15-17-30(18-16-29)25(32)22(19-20-9-3-1-4-10-20)28-24(31)13-5-2-8-14-27/h1,3-4,6-7,9-12,22H,2,5,8,13-19,27H2,(H,28,31). The van der Waals surface area contributed by atoms with Crippen molar-refractivity contribution in [3.05, 3.63) is 66.0 Å². The number of benzene rings is 2. The Kier molecular flexibility index (Phi) is 9.04. The van der Waals surface area contributed by atoms with E-state index in [1.807, 2.05) is 41.3 Å². The number of amides is 2. The van der Waals surface area contributed by atoms with Crippen LogP contribution < -0.4 is 16.0 Å². The summed E-state index contributed by atoms with van der Waals surface area (Å²) in [7, 11) is 0. The topological polar surface area (TPSA) is 78.7 Å². The van der Waals surface area contributed by atoms with Gasteiger partial charge >= 0.3 is 0 Å². The molecule has 1 unspecified atom stereocenters. The van der Waals surface area contributed by atoms with Crippen LogP contribution in [0, 0.1) is 5.82 Å². The molecule has 3 rings (SSSR count). The second-order valence-electron chi connectivity index (χ2n) is 8.17. The van der Waals surface area contributed by atoms with E-state index in [1.165, 1.54) is 6.07 Å². The molecule has 0 aromatic heterocycles. The van der Waals surface area contributed by atoms with Gasteiger partial charge in [0.25, 0.3) is 0 Å². The third kappa shape index (κ3) is 6.79. The Balaban J connectivity index is 1.61. The molecule has 1 heterocycles. The van der Waals surface area contributed by atoms with E-state index < -0.39 is 6.04 Å². The summed E-state index contributed by atoms with van der Waals surface area (Å²) in [5.41, 5.74) is 7.08. The van der Waals surface area contributed by atoms with Gasteiger partial charge < -0.3 is 20.9 Å². The molecule has 0 bridgehead atoms. The van der Waals surface area contributed by atoms with Crippen LogP contribution in [0.15, 0.2) is 54.6 Å². The molecule has 32 heavy (non-hydrogen) atoms. The number of hydrogen-bond donors (Lipinski definition) is 2. The minimum Gasteiger partial charge on any atom is -0.366 e. The van der Waals surface area contributed by atoms with E-state index in [2.05, 4.69) is 5.32 Å². The molecule has 3 N–H and O–H groups in total. The number of nitrogens with one attached hydrogen (secondary N) is 1. The molecular formula is C25H33FN4O2. The molecule has 1 aliphatic rings. The van der Waals surface area contributed by atoms with Gasteiger partial charge in [-0.15, -0.1) is 0 Å². The Morgan fingerprint density at radius 3 is 2.31 bits per heavy atom. The molecule has 1 atom stereocenters. The highest BCUT2D eigenvalue weighted by Gasteiger charge is 2.29. The van der Waals surface area contributed by atoms with Crippen LogP contribution in [0.4, 0.5) is 10.1 Å². The maximum atomic E-state index is 14.1. The Hall–Kier alpha value is -2.93. The lowest BCUT2D eigenvalue weighted by atomic mass is 10.0. The molecule has 0 saturated carbocycles. The van der Waals surface area contributed by atoms with Gasteiger partial charge in [0.05, 0.1) is 5.69 Å². The van der Waals surface area contributed by atoms with Crippen molar-refractivity contribution in [1.29, 1.82) is 0 Å². The van der Waals surface area contributed by atoms with Crippen LogP contribution in [0.3, 0.4) is 0 Å². The first-order chi connectivity index (χ1) is 15.6. The normalized spacial score (nSPS) is 14.8. The molecule has 0 radical (unpaired) electrons. The van der Waals surface area contributed by atoms with Crippen molar-refractivity contribution in [1.82, 2.24) is 10.2 Å². The van der Waals surface area contributed by atoms with Crippen molar-refractivity contribution in [2.45, 2.75) is 38.1 Å². The number of rotatable bonds is 10. The number of piperazine rings is 1. The number of unbranched alkanes of at least 4 members (excludes halogenated alkanes) is 2. The first-order valence-electron chi connectivity index (χ1n) is 11.4. The monoisotopic (exact) mass is 440 g/mol. The lowest BCUT2D eigenvalue weighted by Gasteiger charge is -2.37. The SMILES string of the molecule is NCCCCCC(=O)NC(Cc1ccccc1)C(=O)N1CCN(c2ccccc2F)CC1. The van der Waals surface area contributed by atoms with Gasteiger partial charge in [-0.2, -0.15) is 0 Å². The van der Waals surface area contributed by atoms with Gasteiger partial charge in [0.1, 0.15) is 11.9 Å². The van der Waals surface area contributed by atoms with Crippen molar-refractivity contribution in [3.8, 4) is 0 Å². The van der Waals surface area contributed by atoms with Crippen molar-refractivity contribution in [3.63, 3.8) is 0 Å². The van der Waals surface area contributed by atoms with E-state index in [4.69, 9.17) is 5.73 Å². The van der Waals surface area contributed by atoms with E-state index in [0.717, 1.165) is 24.8 Å². The Bertz CT molecular complexity index is 869. The van der Waals surface area contributed by atoms with Crippen molar-refractivity contribution in [2.24, 2.45) is 5.73 Å². The number of hydrogen-bond acceptors (Lipinski definition) is 4. The lowest BCUT2D eigenvalue weighted by Crippen LogP contribution is -2.55. The molecule has 1 fully saturated rings. The van der Waals surface area contributed by atoms with Crippen molar-refractivity contribution in [2.75, 3.05) is 37.6 Å². The summed E-state index contributed by atoms with van der Waals surface area (Å²) >= 11 is 0. The van der Waals surface area contributed by atoms with Crippen LogP contribution in [0.1, 0.15) is 31.2 Å². The Morgan fingerprint density at radius 2 is 1.62 bits per heavy atom. The smallest absolute Gasteiger partial charge is 0.245 e. The molecule has 1 saturated heterocycles. The number of nitrogens with two attached hydrogens (primary N) is 1. The van der Waals surface area contributed by atoms with Crippen LogP contribution >= 0.6 is 0 Å². The number of carbonyl (C=O) groups is 2. The maximum absolute atomic E-state index is 14.1. The number of anilines is 1. The van der Waals surface area contributed by atoms with Gasteiger partial charge in [0.15, 0.2) is 0 Å². The second-order valence-corrected chi connectivity index (χ2v) is 8.17. The molecule has 1 aliphatic heterocycles. The van der Waals surface area contributed by atoms with Gasteiger partial charge in [0.2, 0.25) is 11.8 Å². The fourth-order valence-corrected chi connectivity index (χ4v) is 4.02. The number of para-hydroxylation sites is 1. The highest BCUT2D eigenvalue weighted by molar-refractivity contribution is 5.88. The van der Waals surface area contributed by atoms with Crippen LogP contribution in [0.2, 0.25) is 0 Å². The minimum absolute atomic E-state index is 0.0858. The molecule has 6 nitrogen and oxygen atoms in total. The summed E-state index contributed by atoms with van der Waals surface area (Å²) in [6.07, 6.45) is 3.39. The molecule has 2 aromatic rings. The van der Waals surface area contributed by atoms with Crippen molar-refractivity contribution >= 4 is 17.5 Å². The van der Waals surface area contributed by atoms with E-state index in [1.54, 1.807) is 17.0 Å². The molecule has 2 amide bonds. The summed E-state index contributed by atoms with van der Waals surface area (Å²) in [6, 6.07) is 15.8. The van der Waals surface area contributed by atoms with E-state index in [-0.39, 0.29) is 17.6 Å². The minimum atomic E-state index is -0.612. The quantitative estimate of drug-likeness (QED) is 0.557. The van der Waals surface area contributed by atoms with Gasteiger partial charge in [0, 0.05) is 39.0 Å². The third-order valence-electron chi connectivity index (χ3n) is 5.81. The van der Waals surface area contributed by atoms with Crippen LogP contribution in [-0.4, -0.2) is 55.5 Å². The van der Waals surface area contributed by atoms with E-state index >= 15 is 0 Å². The van der Waals surface area contributed by atoms with Gasteiger partial charge in [-0.25, -0.2) is 4.39 Å². The van der Waals surface area contributed by atoms with E-state index in [9.17, 15) is 14.0 Å². The van der Waals surface area contributed by atoms with Crippen molar-refractivity contribution < 1.29 is 14.0 Å². The number of carbonyl (C=O) groups excluding carboxylic acids is 2. The molecular weight excluding hydrogens is 407 g/mol. The zero-order valence-corrected chi connectivity index (χ0v) is 18.5. The highest BCUT2D eigenvalue weighted by atomic mass is 19.1. The Labute approximate surface area is 189 Å². The van der Waals surface area contributed by atoms with Crippen LogP contribution in [0.5, 0.6) is 0 Å². The highest BCUT2D eigenvalue weighted by Crippen LogP contribution is 2.20. The molecule has 172 valence electrons. The number of nitrogens with zero attached hydrogens (tertiary/aromatic N) is 2. The van der Waals surface area contributed by atoms with Crippen LogP contribution in [-0.2, 0) is 16.0 Å². The Morgan fingerprint density at radius 1 is 0.938 bits per heavy atom. The predicted molar refractivity (Wildman–Crippen MR) is 125 cm³/mol. The maximum Gasteiger partial charge on any atom is 0.245 e. The second kappa shape index (κ2) is 12.2. The average molecular weight is 441 g/mol. The first-order valence-corrected chi connectivity index (χ1v) is 11.4. The summed E-state index contributed by atoms with van der Waals surface area (Å²) in [5, 5.41) is 2.96. The molecule has 2 aromatic carbocycles. The fraction of sp³-hybridized carbons (Fsp3) is 0.440. The molecule has 0 spiro atoms. The molecule has 7 heteroatoms. The predicted octanol–water partition coefficient (Wildman–Crippen LogP) is 2.72. The molecule has 0 aliphatic carbocycles. The summed E-state index contributed by atoms with van der Waals surface area (Å²) < 4.78 is 14.1. The summed E-state index contributed by atoms with van der Waals surface area (Å²) in [5.74, 6) is -0.449. The fourth-order valence-electron chi connectivity index (χ4n) is 4.02. The largest absolute Gasteiger partial charge is 0.366 e. The van der Waals surface area contributed by atoms with E-state index in [0.29, 0.717) is 51.3 Å². The average Bonchev–Trinajstić information content (AvgIpc) is 2.82. The van der Waals surface area contributed by atoms with Gasteiger partial charge in [-0.1, -0.05) is 48.9 Å². The zero-order valence-electron chi connectivity index (χ0n) is 18.5. The van der Waals surface area contributed by atoms with Crippen LogP contribution in [0.25, 0.3) is 0 Å². The zero-order chi connectivity index (χ0) is 22.8. The number of halogens is 1. The lowest BCUT2D eigenvalue weighted by molar-refractivity contribution is -0.136.